The van der Waals surface area contributed by atoms with Crippen LogP contribution in [0.5, 0.6) is 5.75 Å². The Morgan fingerprint density at radius 2 is 1.71 bits per heavy atom. The molecule has 3 rings (SSSR count). The Bertz CT molecular complexity index is 646. The average Bonchev–Trinajstić information content (AvgIpc) is 2.63. The lowest BCUT2D eigenvalue weighted by molar-refractivity contribution is 0.0435. The Morgan fingerprint density at radius 1 is 1.00 bits per heavy atom. The minimum Gasteiger partial charge on any atom is -0.489 e. The number of ether oxygens (including phenoxy) is 2. The second-order valence-electron chi connectivity index (χ2n) is 5.80. The minimum atomic E-state index is -0.230. The van der Waals surface area contributed by atoms with E-state index < -0.39 is 0 Å². The van der Waals surface area contributed by atoms with E-state index in [0.717, 1.165) is 49.7 Å². The van der Waals surface area contributed by atoms with Gasteiger partial charge in [0.15, 0.2) is 0 Å². The third kappa shape index (κ3) is 5.18. The number of halogens is 1. The van der Waals surface area contributed by atoms with Crippen LogP contribution in [-0.2, 0) is 11.3 Å². The van der Waals surface area contributed by atoms with E-state index in [4.69, 9.17) is 9.47 Å². The fourth-order valence-corrected chi connectivity index (χ4v) is 2.54. The van der Waals surface area contributed by atoms with Gasteiger partial charge >= 0.3 is 0 Å². The van der Waals surface area contributed by atoms with E-state index in [-0.39, 0.29) is 5.82 Å². The van der Waals surface area contributed by atoms with Crippen molar-refractivity contribution in [3.8, 4) is 5.75 Å². The number of benzene rings is 2. The van der Waals surface area contributed by atoms with Crippen molar-refractivity contribution in [2.24, 2.45) is 0 Å². The van der Waals surface area contributed by atoms with Crippen LogP contribution in [0.2, 0.25) is 0 Å². The summed E-state index contributed by atoms with van der Waals surface area (Å²) < 4.78 is 23.9. The monoisotopic (exact) mass is 327 g/mol. The minimum absolute atomic E-state index is 0.230. The molecule has 0 unspecified atom stereocenters. The van der Waals surface area contributed by atoms with Gasteiger partial charge in [-0.2, -0.15) is 0 Å². The fourth-order valence-electron chi connectivity index (χ4n) is 2.54. The molecule has 0 bridgehead atoms. The molecule has 4 heteroatoms. The summed E-state index contributed by atoms with van der Waals surface area (Å²) in [6, 6.07) is 14.3. The molecule has 1 aliphatic rings. The van der Waals surface area contributed by atoms with E-state index in [1.807, 2.05) is 24.3 Å². The SMILES string of the molecule is Fc1ccc(COc2ccc(/C=C\CN3CCOCC3)cc2)cc1. The number of rotatable bonds is 6. The summed E-state index contributed by atoms with van der Waals surface area (Å²) >= 11 is 0. The highest BCUT2D eigenvalue weighted by Gasteiger charge is 2.07. The Balaban J connectivity index is 1.46. The maximum absolute atomic E-state index is 12.9. The fraction of sp³-hybridized carbons (Fsp3) is 0.300. The van der Waals surface area contributed by atoms with E-state index in [1.165, 1.54) is 12.1 Å². The van der Waals surface area contributed by atoms with Gasteiger partial charge in [-0.25, -0.2) is 4.39 Å². The molecule has 2 aromatic rings. The molecule has 3 nitrogen and oxygen atoms in total. The summed E-state index contributed by atoms with van der Waals surface area (Å²) in [5, 5.41) is 0. The summed E-state index contributed by atoms with van der Waals surface area (Å²) in [5.74, 6) is 0.580. The van der Waals surface area contributed by atoms with Crippen LogP contribution in [0.3, 0.4) is 0 Å². The second-order valence-corrected chi connectivity index (χ2v) is 5.80. The zero-order valence-corrected chi connectivity index (χ0v) is 13.7. The van der Waals surface area contributed by atoms with Crippen LogP contribution in [0.15, 0.2) is 54.6 Å². The zero-order valence-electron chi connectivity index (χ0n) is 13.7. The van der Waals surface area contributed by atoms with E-state index in [9.17, 15) is 4.39 Å². The maximum atomic E-state index is 12.9. The van der Waals surface area contributed by atoms with E-state index in [1.54, 1.807) is 12.1 Å². The summed E-state index contributed by atoms with van der Waals surface area (Å²) in [4.78, 5) is 2.38. The molecular weight excluding hydrogens is 305 g/mol. The smallest absolute Gasteiger partial charge is 0.123 e. The van der Waals surface area contributed by atoms with Crippen molar-refractivity contribution in [3.63, 3.8) is 0 Å². The lowest BCUT2D eigenvalue weighted by Gasteiger charge is -2.25. The lowest BCUT2D eigenvalue weighted by Crippen LogP contribution is -2.36. The van der Waals surface area contributed by atoms with Crippen LogP contribution >= 0.6 is 0 Å². The Hall–Kier alpha value is -2.17. The van der Waals surface area contributed by atoms with E-state index in [2.05, 4.69) is 17.1 Å². The second kappa shape index (κ2) is 8.62. The van der Waals surface area contributed by atoms with Gasteiger partial charge in [-0.3, -0.25) is 4.90 Å². The average molecular weight is 327 g/mol. The van der Waals surface area contributed by atoms with Gasteiger partial charge < -0.3 is 9.47 Å². The number of morpholine rings is 1. The molecule has 1 saturated heterocycles. The maximum Gasteiger partial charge on any atom is 0.123 e. The molecule has 0 aliphatic carbocycles. The molecule has 24 heavy (non-hydrogen) atoms. The van der Waals surface area contributed by atoms with Crippen molar-refractivity contribution >= 4 is 6.08 Å². The summed E-state index contributed by atoms with van der Waals surface area (Å²) in [6.45, 7) is 5.04. The lowest BCUT2D eigenvalue weighted by atomic mass is 10.2. The Kier molecular flexibility index (Phi) is 5.99. The molecule has 1 aliphatic heterocycles. The first-order valence-electron chi connectivity index (χ1n) is 8.23. The number of hydrogen-bond donors (Lipinski definition) is 0. The van der Waals surface area contributed by atoms with Gasteiger partial charge in [0.25, 0.3) is 0 Å². The van der Waals surface area contributed by atoms with Crippen molar-refractivity contribution in [3.05, 3.63) is 71.6 Å². The molecule has 0 N–H and O–H groups in total. The van der Waals surface area contributed by atoms with Crippen LogP contribution in [0, 0.1) is 5.82 Å². The molecule has 0 atom stereocenters. The summed E-state index contributed by atoms with van der Waals surface area (Å²) in [7, 11) is 0. The topological polar surface area (TPSA) is 21.7 Å². The number of nitrogens with zero attached hydrogens (tertiary/aromatic N) is 1. The Labute approximate surface area is 142 Å². The number of hydrogen-bond acceptors (Lipinski definition) is 3. The molecular formula is C20H22FNO2. The molecule has 0 amide bonds. The molecule has 0 radical (unpaired) electrons. The van der Waals surface area contributed by atoms with Crippen molar-refractivity contribution in [1.29, 1.82) is 0 Å². The van der Waals surface area contributed by atoms with Gasteiger partial charge in [0.2, 0.25) is 0 Å². The van der Waals surface area contributed by atoms with Crippen molar-refractivity contribution < 1.29 is 13.9 Å². The van der Waals surface area contributed by atoms with Crippen LogP contribution in [-0.4, -0.2) is 37.7 Å². The van der Waals surface area contributed by atoms with Gasteiger partial charge in [0, 0.05) is 19.6 Å². The molecule has 0 saturated carbocycles. The van der Waals surface area contributed by atoms with E-state index in [0.29, 0.717) is 6.61 Å². The van der Waals surface area contributed by atoms with Crippen LogP contribution in [0.1, 0.15) is 11.1 Å². The molecule has 0 spiro atoms. The third-order valence-electron chi connectivity index (χ3n) is 3.98. The van der Waals surface area contributed by atoms with E-state index >= 15 is 0 Å². The highest BCUT2D eigenvalue weighted by atomic mass is 19.1. The first kappa shape index (κ1) is 16.7. The van der Waals surface area contributed by atoms with Crippen molar-refractivity contribution in [2.45, 2.75) is 6.61 Å². The highest BCUT2D eigenvalue weighted by Crippen LogP contribution is 2.15. The predicted molar refractivity (Wildman–Crippen MR) is 93.5 cm³/mol. The van der Waals surface area contributed by atoms with Crippen LogP contribution in [0.25, 0.3) is 6.08 Å². The normalized spacial score (nSPS) is 15.7. The highest BCUT2D eigenvalue weighted by molar-refractivity contribution is 5.50. The Morgan fingerprint density at radius 3 is 2.42 bits per heavy atom. The van der Waals surface area contributed by atoms with Crippen LogP contribution in [0.4, 0.5) is 4.39 Å². The first-order valence-corrected chi connectivity index (χ1v) is 8.23. The largest absolute Gasteiger partial charge is 0.489 e. The molecule has 2 aromatic carbocycles. The van der Waals surface area contributed by atoms with Gasteiger partial charge in [0.05, 0.1) is 13.2 Å². The standard InChI is InChI=1S/C20H22FNO2/c21-19-7-3-18(4-8-19)16-24-20-9-5-17(6-10-20)2-1-11-22-12-14-23-15-13-22/h1-10H,11-16H2/b2-1-. The molecule has 126 valence electrons. The third-order valence-corrected chi connectivity index (χ3v) is 3.98. The van der Waals surface area contributed by atoms with Crippen molar-refractivity contribution in [1.82, 2.24) is 4.90 Å². The van der Waals surface area contributed by atoms with Crippen LogP contribution < -0.4 is 4.74 Å². The molecule has 1 fully saturated rings. The first-order chi connectivity index (χ1) is 11.8. The summed E-state index contributed by atoms with van der Waals surface area (Å²) in [5.41, 5.74) is 2.10. The van der Waals surface area contributed by atoms with Gasteiger partial charge in [-0.1, -0.05) is 36.4 Å². The van der Waals surface area contributed by atoms with Crippen molar-refractivity contribution in [2.75, 3.05) is 32.8 Å². The predicted octanol–water partition coefficient (Wildman–Crippen LogP) is 3.75. The van der Waals surface area contributed by atoms with Gasteiger partial charge in [-0.15, -0.1) is 0 Å². The van der Waals surface area contributed by atoms with Gasteiger partial charge in [-0.05, 0) is 35.4 Å². The quantitative estimate of drug-likeness (QED) is 0.806. The summed E-state index contributed by atoms with van der Waals surface area (Å²) in [6.07, 6.45) is 4.30. The zero-order chi connectivity index (χ0) is 16.6. The molecule has 1 heterocycles. The molecule has 0 aromatic heterocycles. The van der Waals surface area contributed by atoms with Gasteiger partial charge in [0.1, 0.15) is 18.2 Å².